The molecule has 0 atom stereocenters. The van der Waals surface area contributed by atoms with Crippen LogP contribution in [0.5, 0.6) is 0 Å². The number of aromatic amines is 1. The van der Waals surface area contributed by atoms with Crippen molar-refractivity contribution in [2.24, 2.45) is 0 Å². The van der Waals surface area contributed by atoms with E-state index in [1.165, 1.54) is 11.1 Å². The summed E-state index contributed by atoms with van der Waals surface area (Å²) < 4.78 is 0. The van der Waals surface area contributed by atoms with Gasteiger partial charge in [0, 0.05) is 17.8 Å². The van der Waals surface area contributed by atoms with Crippen LogP contribution in [0.15, 0.2) is 18.2 Å². The number of ketones is 1. The van der Waals surface area contributed by atoms with E-state index in [-0.39, 0.29) is 5.78 Å². The van der Waals surface area contributed by atoms with E-state index < -0.39 is 0 Å². The van der Waals surface area contributed by atoms with Gasteiger partial charge in [-0.1, -0.05) is 6.07 Å². The standard InChI is InChI=1S/C12H13NO/c1-7-4-8(2)10-6-11(9(3)14)13-12(10)5-7/h4-6,13H,1-3H3. The molecule has 2 nitrogen and oxygen atoms in total. The van der Waals surface area contributed by atoms with Crippen molar-refractivity contribution >= 4 is 16.7 Å². The summed E-state index contributed by atoms with van der Waals surface area (Å²) >= 11 is 0. The van der Waals surface area contributed by atoms with Crippen molar-refractivity contribution in [3.63, 3.8) is 0 Å². The maximum absolute atomic E-state index is 11.2. The highest BCUT2D eigenvalue weighted by Gasteiger charge is 2.06. The lowest BCUT2D eigenvalue weighted by atomic mass is 10.1. The van der Waals surface area contributed by atoms with Crippen molar-refractivity contribution < 1.29 is 4.79 Å². The van der Waals surface area contributed by atoms with Crippen molar-refractivity contribution in [2.75, 3.05) is 0 Å². The molecule has 0 radical (unpaired) electrons. The number of aromatic nitrogens is 1. The summed E-state index contributed by atoms with van der Waals surface area (Å²) in [5.74, 6) is 0.0817. The number of aryl methyl sites for hydroxylation is 2. The summed E-state index contributed by atoms with van der Waals surface area (Å²) in [6.07, 6.45) is 0. The molecule has 1 aromatic heterocycles. The van der Waals surface area contributed by atoms with Crippen LogP contribution < -0.4 is 0 Å². The molecule has 0 aliphatic carbocycles. The largest absolute Gasteiger partial charge is 0.352 e. The molecule has 1 heterocycles. The fraction of sp³-hybridized carbons (Fsp3) is 0.250. The van der Waals surface area contributed by atoms with Crippen LogP contribution in [0.2, 0.25) is 0 Å². The molecule has 0 saturated heterocycles. The average Bonchev–Trinajstić information content (AvgIpc) is 2.47. The van der Waals surface area contributed by atoms with Crippen molar-refractivity contribution in [1.29, 1.82) is 0 Å². The predicted octanol–water partition coefficient (Wildman–Crippen LogP) is 2.99. The Labute approximate surface area is 82.9 Å². The number of nitrogens with one attached hydrogen (secondary N) is 1. The molecule has 0 aliphatic heterocycles. The van der Waals surface area contributed by atoms with E-state index in [1.54, 1.807) is 6.92 Å². The number of rotatable bonds is 1. The first-order chi connectivity index (χ1) is 6.58. The fourth-order valence-electron chi connectivity index (χ4n) is 1.79. The van der Waals surface area contributed by atoms with E-state index in [4.69, 9.17) is 0 Å². The summed E-state index contributed by atoms with van der Waals surface area (Å²) in [5.41, 5.74) is 4.16. The molecule has 0 fully saturated rings. The number of benzene rings is 1. The lowest BCUT2D eigenvalue weighted by molar-refractivity contribution is 0.101. The minimum absolute atomic E-state index is 0.0817. The molecule has 2 heteroatoms. The van der Waals surface area contributed by atoms with Gasteiger partial charge in [-0.15, -0.1) is 0 Å². The molecule has 2 rings (SSSR count). The van der Waals surface area contributed by atoms with E-state index in [2.05, 4.69) is 31.0 Å². The maximum atomic E-state index is 11.2. The summed E-state index contributed by atoms with van der Waals surface area (Å²) in [4.78, 5) is 14.3. The van der Waals surface area contributed by atoms with Gasteiger partial charge in [0.25, 0.3) is 0 Å². The molecule has 14 heavy (non-hydrogen) atoms. The number of Topliss-reactive ketones (excluding diaryl/α,β-unsaturated/α-hetero) is 1. The van der Waals surface area contributed by atoms with Gasteiger partial charge in [0.1, 0.15) is 0 Å². The Morgan fingerprint density at radius 1 is 1.21 bits per heavy atom. The third-order valence-electron chi connectivity index (χ3n) is 2.47. The zero-order chi connectivity index (χ0) is 10.3. The number of hydrogen-bond donors (Lipinski definition) is 1. The number of hydrogen-bond acceptors (Lipinski definition) is 1. The highest BCUT2D eigenvalue weighted by Crippen LogP contribution is 2.21. The van der Waals surface area contributed by atoms with E-state index in [0.29, 0.717) is 5.69 Å². The average molecular weight is 187 g/mol. The second-order valence-electron chi connectivity index (χ2n) is 3.78. The Balaban J connectivity index is 2.76. The van der Waals surface area contributed by atoms with Crippen LogP contribution in [0.4, 0.5) is 0 Å². The monoisotopic (exact) mass is 187 g/mol. The number of carbonyl (C=O) groups excluding carboxylic acids is 1. The van der Waals surface area contributed by atoms with Crippen LogP contribution in [-0.2, 0) is 0 Å². The quantitative estimate of drug-likeness (QED) is 0.684. The van der Waals surface area contributed by atoms with Crippen LogP contribution in [0, 0.1) is 13.8 Å². The van der Waals surface area contributed by atoms with Crippen LogP contribution in [0.3, 0.4) is 0 Å². The lowest BCUT2D eigenvalue weighted by Gasteiger charge is -1.97. The smallest absolute Gasteiger partial charge is 0.175 e. The maximum Gasteiger partial charge on any atom is 0.175 e. The second-order valence-corrected chi connectivity index (χ2v) is 3.78. The molecule has 0 unspecified atom stereocenters. The minimum Gasteiger partial charge on any atom is -0.352 e. The van der Waals surface area contributed by atoms with E-state index in [9.17, 15) is 4.79 Å². The number of fused-ring (bicyclic) bond motifs is 1. The Morgan fingerprint density at radius 2 is 1.93 bits per heavy atom. The summed E-state index contributed by atoms with van der Waals surface area (Å²) in [5, 5.41) is 1.14. The molecular weight excluding hydrogens is 174 g/mol. The van der Waals surface area contributed by atoms with Crippen molar-refractivity contribution in [3.05, 3.63) is 35.0 Å². The Kier molecular flexibility index (Phi) is 1.92. The van der Waals surface area contributed by atoms with Crippen molar-refractivity contribution in [2.45, 2.75) is 20.8 Å². The van der Waals surface area contributed by atoms with Crippen LogP contribution in [0.1, 0.15) is 28.5 Å². The van der Waals surface area contributed by atoms with Gasteiger partial charge in [0.05, 0.1) is 5.69 Å². The van der Waals surface area contributed by atoms with Gasteiger partial charge in [-0.3, -0.25) is 4.79 Å². The zero-order valence-electron chi connectivity index (χ0n) is 8.64. The van der Waals surface area contributed by atoms with Gasteiger partial charge in [-0.25, -0.2) is 0 Å². The summed E-state index contributed by atoms with van der Waals surface area (Å²) in [6, 6.07) is 6.11. The predicted molar refractivity (Wildman–Crippen MR) is 57.8 cm³/mol. The first-order valence-electron chi connectivity index (χ1n) is 4.69. The molecule has 0 aliphatic rings. The molecule has 0 bridgehead atoms. The lowest BCUT2D eigenvalue weighted by Crippen LogP contribution is -1.89. The highest BCUT2D eigenvalue weighted by molar-refractivity contribution is 5.98. The number of carbonyl (C=O) groups is 1. The zero-order valence-corrected chi connectivity index (χ0v) is 8.64. The first kappa shape index (κ1) is 9.00. The molecular formula is C12H13NO. The topological polar surface area (TPSA) is 32.9 Å². The van der Waals surface area contributed by atoms with Gasteiger partial charge < -0.3 is 4.98 Å². The molecule has 0 saturated carbocycles. The van der Waals surface area contributed by atoms with Crippen LogP contribution in [-0.4, -0.2) is 10.8 Å². The molecule has 1 aromatic carbocycles. The van der Waals surface area contributed by atoms with Crippen molar-refractivity contribution in [1.82, 2.24) is 4.98 Å². The molecule has 72 valence electrons. The van der Waals surface area contributed by atoms with E-state index >= 15 is 0 Å². The SMILES string of the molecule is CC(=O)c1cc2c(C)cc(C)cc2[nH]1. The highest BCUT2D eigenvalue weighted by atomic mass is 16.1. The Bertz CT molecular complexity index is 508. The third-order valence-corrected chi connectivity index (χ3v) is 2.47. The molecule has 0 amide bonds. The second kappa shape index (κ2) is 2.98. The molecule has 0 spiro atoms. The van der Waals surface area contributed by atoms with E-state index in [0.717, 1.165) is 10.9 Å². The van der Waals surface area contributed by atoms with Gasteiger partial charge in [-0.05, 0) is 37.1 Å². The first-order valence-corrected chi connectivity index (χ1v) is 4.69. The summed E-state index contributed by atoms with van der Waals surface area (Å²) in [7, 11) is 0. The van der Waals surface area contributed by atoms with Gasteiger partial charge in [0.2, 0.25) is 0 Å². The Morgan fingerprint density at radius 3 is 2.57 bits per heavy atom. The number of H-pyrrole nitrogens is 1. The van der Waals surface area contributed by atoms with E-state index in [1.807, 2.05) is 6.07 Å². The Hall–Kier alpha value is -1.57. The van der Waals surface area contributed by atoms with Gasteiger partial charge >= 0.3 is 0 Å². The summed E-state index contributed by atoms with van der Waals surface area (Å²) in [6.45, 7) is 5.70. The fourth-order valence-corrected chi connectivity index (χ4v) is 1.79. The minimum atomic E-state index is 0.0817. The third kappa shape index (κ3) is 1.33. The normalized spacial score (nSPS) is 10.8. The van der Waals surface area contributed by atoms with Crippen LogP contribution in [0.25, 0.3) is 10.9 Å². The van der Waals surface area contributed by atoms with Crippen molar-refractivity contribution in [3.8, 4) is 0 Å². The van der Waals surface area contributed by atoms with Gasteiger partial charge in [-0.2, -0.15) is 0 Å². The van der Waals surface area contributed by atoms with Crippen LogP contribution >= 0.6 is 0 Å². The molecule has 1 N–H and O–H groups in total. The van der Waals surface area contributed by atoms with Gasteiger partial charge in [0.15, 0.2) is 5.78 Å². The molecule has 2 aromatic rings.